The van der Waals surface area contributed by atoms with Gasteiger partial charge in [0, 0.05) is 31.8 Å². The molecular weight excluding hydrogens is 345 g/mol. The first-order valence-electron chi connectivity index (χ1n) is 8.03. The lowest BCUT2D eigenvalue weighted by molar-refractivity contribution is -0.114. The number of amides is 1. The van der Waals surface area contributed by atoms with Crippen LogP contribution >= 0.6 is 11.3 Å². The normalized spacial score (nSPS) is 17.6. The summed E-state index contributed by atoms with van der Waals surface area (Å²) in [6.45, 7) is 3.66. The molecule has 3 rings (SSSR count). The number of anilines is 1. The van der Waals surface area contributed by atoms with Crippen LogP contribution in [0.4, 0.5) is 9.52 Å². The molecule has 25 heavy (non-hydrogen) atoms. The molecule has 1 N–H and O–H groups in total. The number of carbonyl (C=O) groups is 1. The van der Waals surface area contributed by atoms with Gasteiger partial charge < -0.3 is 10.1 Å². The van der Waals surface area contributed by atoms with Crippen LogP contribution < -0.4 is 10.1 Å². The summed E-state index contributed by atoms with van der Waals surface area (Å²) in [7, 11) is 1.59. The zero-order valence-corrected chi connectivity index (χ0v) is 15.0. The van der Waals surface area contributed by atoms with E-state index >= 15 is 0 Å². The first-order valence-corrected chi connectivity index (χ1v) is 8.85. The maximum Gasteiger partial charge on any atom is 0.230 e. The number of rotatable bonds is 6. The molecule has 0 radical (unpaired) electrons. The Morgan fingerprint density at radius 3 is 3.12 bits per heavy atom. The largest absolute Gasteiger partial charge is 0.481 e. The van der Waals surface area contributed by atoms with Gasteiger partial charge in [0.25, 0.3) is 0 Å². The Morgan fingerprint density at radius 2 is 2.36 bits per heavy atom. The van der Waals surface area contributed by atoms with Crippen molar-refractivity contribution in [1.82, 2.24) is 19.9 Å². The van der Waals surface area contributed by atoms with Gasteiger partial charge in [0.1, 0.15) is 6.33 Å². The van der Waals surface area contributed by atoms with E-state index in [4.69, 9.17) is 4.74 Å². The van der Waals surface area contributed by atoms with Crippen molar-refractivity contribution in [3.8, 4) is 5.88 Å². The van der Waals surface area contributed by atoms with Crippen LogP contribution in [0.15, 0.2) is 12.4 Å². The van der Waals surface area contributed by atoms with E-state index in [-0.39, 0.29) is 5.91 Å². The molecule has 0 aromatic carbocycles. The number of aromatic nitrogens is 3. The molecule has 1 atom stereocenters. The fourth-order valence-corrected chi connectivity index (χ4v) is 3.89. The summed E-state index contributed by atoms with van der Waals surface area (Å²) in [5.41, 5.74) is 0.954. The van der Waals surface area contributed by atoms with E-state index in [9.17, 15) is 9.18 Å². The summed E-state index contributed by atoms with van der Waals surface area (Å²) in [6, 6.07) is 1.85. The first kappa shape index (κ1) is 17.7. The molecule has 2 aromatic heterocycles. The van der Waals surface area contributed by atoms with Crippen LogP contribution in [0.5, 0.6) is 5.88 Å². The number of nitrogens with one attached hydrogen (secondary N) is 1. The maximum atomic E-state index is 13.9. The average molecular weight is 365 g/mol. The number of thiazole rings is 1. The fraction of sp³-hybridized carbons (Fsp3) is 0.500. The number of hydrogen-bond acceptors (Lipinski definition) is 7. The SMILES string of the molecule is COc1cc(C[C@H]2CCN(Cc3sc(NC(C)=O)nc3F)C2)ncn1. The van der Waals surface area contributed by atoms with Gasteiger partial charge in [-0.05, 0) is 25.3 Å². The van der Waals surface area contributed by atoms with E-state index in [1.165, 1.54) is 24.6 Å². The molecule has 0 bridgehead atoms. The van der Waals surface area contributed by atoms with E-state index < -0.39 is 5.95 Å². The second-order valence-corrected chi connectivity index (χ2v) is 7.14. The third-order valence-electron chi connectivity index (χ3n) is 4.08. The average Bonchev–Trinajstić information content (AvgIpc) is 3.14. The summed E-state index contributed by atoms with van der Waals surface area (Å²) in [4.78, 5) is 25.9. The van der Waals surface area contributed by atoms with Crippen LogP contribution in [0.25, 0.3) is 0 Å². The van der Waals surface area contributed by atoms with Crippen LogP contribution in [0.1, 0.15) is 23.9 Å². The number of ether oxygens (including phenoxy) is 1. The summed E-state index contributed by atoms with van der Waals surface area (Å²) < 4.78 is 19.1. The van der Waals surface area contributed by atoms with E-state index in [1.54, 1.807) is 7.11 Å². The smallest absolute Gasteiger partial charge is 0.230 e. The molecule has 9 heteroatoms. The Balaban J connectivity index is 1.56. The summed E-state index contributed by atoms with van der Waals surface area (Å²) in [6.07, 6.45) is 3.39. The Labute approximate surface area is 149 Å². The zero-order chi connectivity index (χ0) is 17.8. The van der Waals surface area contributed by atoms with Gasteiger partial charge in [-0.25, -0.2) is 9.97 Å². The molecule has 1 aliphatic rings. The van der Waals surface area contributed by atoms with Crippen LogP contribution in [-0.4, -0.2) is 46.0 Å². The van der Waals surface area contributed by atoms with Crippen molar-refractivity contribution in [2.45, 2.75) is 26.3 Å². The minimum Gasteiger partial charge on any atom is -0.481 e. The molecule has 1 saturated heterocycles. The van der Waals surface area contributed by atoms with E-state index in [0.717, 1.165) is 31.6 Å². The first-order chi connectivity index (χ1) is 12.0. The van der Waals surface area contributed by atoms with Gasteiger partial charge in [-0.1, -0.05) is 11.3 Å². The third-order valence-corrected chi connectivity index (χ3v) is 5.01. The van der Waals surface area contributed by atoms with Gasteiger partial charge in [0.05, 0.1) is 12.0 Å². The molecule has 1 aliphatic heterocycles. The molecule has 0 spiro atoms. The molecule has 0 saturated carbocycles. The topological polar surface area (TPSA) is 80.2 Å². The standard InChI is InChI=1S/C16H20FN5O2S/c1-10(23)20-16-21-15(17)13(25-16)8-22-4-3-11(7-22)5-12-6-14(24-2)19-9-18-12/h6,9,11H,3-5,7-8H2,1-2H3,(H,20,21,23)/t11-/m1/s1. The molecule has 1 amide bonds. The summed E-state index contributed by atoms with van der Waals surface area (Å²) >= 11 is 1.19. The number of nitrogens with zero attached hydrogens (tertiary/aromatic N) is 4. The number of carbonyl (C=O) groups excluding carboxylic acids is 1. The lowest BCUT2D eigenvalue weighted by atomic mass is 10.0. The number of likely N-dealkylation sites (tertiary alicyclic amines) is 1. The second kappa shape index (κ2) is 7.83. The lowest BCUT2D eigenvalue weighted by Gasteiger charge is -2.14. The van der Waals surface area contributed by atoms with Crippen LogP contribution in [0.3, 0.4) is 0 Å². The highest BCUT2D eigenvalue weighted by molar-refractivity contribution is 7.15. The second-order valence-electron chi connectivity index (χ2n) is 6.06. The van der Waals surface area contributed by atoms with Gasteiger partial charge in [0.15, 0.2) is 5.13 Å². The molecule has 2 aromatic rings. The van der Waals surface area contributed by atoms with Crippen molar-refractivity contribution in [2.24, 2.45) is 5.92 Å². The molecule has 134 valence electrons. The predicted octanol–water partition coefficient (Wildman–Crippen LogP) is 2.10. The minimum absolute atomic E-state index is 0.248. The van der Waals surface area contributed by atoms with Gasteiger partial charge in [-0.3, -0.25) is 9.69 Å². The minimum atomic E-state index is -0.502. The molecule has 0 unspecified atom stereocenters. The highest BCUT2D eigenvalue weighted by Gasteiger charge is 2.25. The van der Waals surface area contributed by atoms with Crippen molar-refractivity contribution < 1.29 is 13.9 Å². The maximum absolute atomic E-state index is 13.9. The monoisotopic (exact) mass is 365 g/mol. The van der Waals surface area contributed by atoms with Crippen molar-refractivity contribution in [1.29, 1.82) is 0 Å². The van der Waals surface area contributed by atoms with Crippen LogP contribution in [-0.2, 0) is 17.8 Å². The molecule has 1 fully saturated rings. The van der Waals surface area contributed by atoms with E-state index in [2.05, 4.69) is 25.2 Å². The van der Waals surface area contributed by atoms with Crippen LogP contribution in [0.2, 0.25) is 0 Å². The van der Waals surface area contributed by atoms with E-state index in [0.29, 0.717) is 28.4 Å². The zero-order valence-electron chi connectivity index (χ0n) is 14.2. The molecule has 0 aliphatic carbocycles. The predicted molar refractivity (Wildman–Crippen MR) is 92.0 cm³/mol. The number of methoxy groups -OCH3 is 1. The van der Waals surface area contributed by atoms with Crippen molar-refractivity contribution in [3.63, 3.8) is 0 Å². The third kappa shape index (κ3) is 4.70. The van der Waals surface area contributed by atoms with Gasteiger partial charge in [0.2, 0.25) is 17.7 Å². The fourth-order valence-electron chi connectivity index (χ4n) is 2.96. The quantitative estimate of drug-likeness (QED) is 0.844. The van der Waals surface area contributed by atoms with Gasteiger partial charge >= 0.3 is 0 Å². The van der Waals surface area contributed by atoms with Gasteiger partial charge in [-0.2, -0.15) is 9.37 Å². The van der Waals surface area contributed by atoms with Gasteiger partial charge in [-0.15, -0.1) is 0 Å². The van der Waals surface area contributed by atoms with Crippen molar-refractivity contribution in [2.75, 3.05) is 25.5 Å². The Morgan fingerprint density at radius 1 is 1.52 bits per heavy atom. The number of hydrogen-bond donors (Lipinski definition) is 1. The van der Waals surface area contributed by atoms with Crippen LogP contribution in [0, 0.1) is 11.9 Å². The molecule has 7 nitrogen and oxygen atoms in total. The van der Waals surface area contributed by atoms with Crippen molar-refractivity contribution in [3.05, 3.63) is 28.9 Å². The molecular formula is C16H20FN5O2S. The van der Waals surface area contributed by atoms with Crippen molar-refractivity contribution >= 4 is 22.4 Å². The summed E-state index contributed by atoms with van der Waals surface area (Å²) in [5.74, 6) is 0.280. The Kier molecular flexibility index (Phi) is 5.54. The lowest BCUT2D eigenvalue weighted by Crippen LogP contribution is -2.20. The number of halogens is 1. The Hall–Kier alpha value is -2.13. The van der Waals surface area contributed by atoms with E-state index in [1.807, 2.05) is 6.07 Å². The summed E-state index contributed by atoms with van der Waals surface area (Å²) in [5, 5.41) is 2.84. The highest BCUT2D eigenvalue weighted by Crippen LogP contribution is 2.27. The molecule has 3 heterocycles. The Bertz CT molecular complexity index is 754. The highest BCUT2D eigenvalue weighted by atomic mass is 32.1.